The Labute approximate surface area is 145 Å². The number of hydrogen-bond acceptors (Lipinski definition) is 6. The number of nitrogens with zero attached hydrogens (tertiary/aromatic N) is 2. The molecule has 7 nitrogen and oxygen atoms in total. The first-order chi connectivity index (χ1) is 11.9. The first kappa shape index (κ1) is 17.0. The summed E-state index contributed by atoms with van der Waals surface area (Å²) in [6.45, 7) is 2.05. The molecule has 3 rings (SSSR count). The number of aryl methyl sites for hydroxylation is 1. The molecule has 0 aliphatic rings. The number of hydrogen-bond donors (Lipinski definition) is 1. The lowest BCUT2D eigenvalue weighted by molar-refractivity contribution is 0.304. The molecule has 25 heavy (non-hydrogen) atoms. The van der Waals surface area contributed by atoms with Crippen LogP contribution in [0.2, 0.25) is 0 Å². The van der Waals surface area contributed by atoms with E-state index in [2.05, 4.69) is 15.2 Å². The number of H-pyrrole nitrogens is 1. The Balaban J connectivity index is 1.68. The summed E-state index contributed by atoms with van der Waals surface area (Å²) in [7, 11) is -3.57. The second-order valence-corrected chi connectivity index (χ2v) is 7.10. The third-order valence-electron chi connectivity index (χ3n) is 3.41. The molecule has 0 atom stereocenters. The molecule has 2 heterocycles. The average Bonchev–Trinajstić information content (AvgIpc) is 3.09. The molecule has 3 aromatic rings. The van der Waals surface area contributed by atoms with Crippen molar-refractivity contribution in [1.82, 2.24) is 15.2 Å². The van der Waals surface area contributed by atoms with E-state index in [9.17, 15) is 8.42 Å². The zero-order chi connectivity index (χ0) is 17.9. The van der Waals surface area contributed by atoms with Gasteiger partial charge in [0, 0.05) is 6.20 Å². The monoisotopic (exact) mass is 359 g/mol. The highest BCUT2D eigenvalue weighted by Gasteiger charge is 2.09. The van der Waals surface area contributed by atoms with Crippen molar-refractivity contribution in [2.24, 2.45) is 0 Å². The summed E-state index contributed by atoms with van der Waals surface area (Å²) < 4.78 is 33.3. The van der Waals surface area contributed by atoms with Gasteiger partial charge in [-0.15, -0.1) is 0 Å². The molecule has 0 spiro atoms. The van der Waals surface area contributed by atoms with Crippen LogP contribution in [-0.2, 0) is 16.7 Å². The number of benzene rings is 1. The van der Waals surface area contributed by atoms with E-state index < -0.39 is 10.1 Å². The fourth-order valence-corrected chi connectivity index (χ4v) is 2.68. The molecule has 0 unspecified atom stereocenters. The number of rotatable bonds is 6. The van der Waals surface area contributed by atoms with Crippen molar-refractivity contribution in [3.63, 3.8) is 0 Å². The van der Waals surface area contributed by atoms with E-state index in [1.807, 2.05) is 24.3 Å². The van der Waals surface area contributed by atoms with Crippen LogP contribution in [0.25, 0.3) is 11.4 Å². The van der Waals surface area contributed by atoms with Crippen LogP contribution in [0.3, 0.4) is 0 Å². The molecule has 0 bridgehead atoms. The van der Waals surface area contributed by atoms with Gasteiger partial charge in [0.25, 0.3) is 0 Å². The Morgan fingerprint density at radius 1 is 1.16 bits per heavy atom. The number of aromatic nitrogens is 3. The number of nitrogens with one attached hydrogen (secondary N) is 1. The third kappa shape index (κ3) is 4.57. The van der Waals surface area contributed by atoms with E-state index >= 15 is 0 Å². The molecule has 0 saturated carbocycles. The summed E-state index contributed by atoms with van der Waals surface area (Å²) in [5.74, 6) is 0.908. The van der Waals surface area contributed by atoms with Gasteiger partial charge < -0.3 is 8.92 Å². The lowest BCUT2D eigenvalue weighted by Crippen LogP contribution is -2.07. The first-order valence-electron chi connectivity index (χ1n) is 7.48. The van der Waals surface area contributed by atoms with Crippen molar-refractivity contribution in [2.75, 3.05) is 6.26 Å². The molecule has 8 heteroatoms. The van der Waals surface area contributed by atoms with E-state index in [1.165, 1.54) is 0 Å². The van der Waals surface area contributed by atoms with Gasteiger partial charge in [0.15, 0.2) is 0 Å². The lowest BCUT2D eigenvalue weighted by Gasteiger charge is -2.10. The van der Waals surface area contributed by atoms with E-state index in [0.29, 0.717) is 11.5 Å². The maximum absolute atomic E-state index is 11.3. The van der Waals surface area contributed by atoms with Crippen molar-refractivity contribution in [3.8, 4) is 22.9 Å². The highest BCUT2D eigenvalue weighted by Crippen LogP contribution is 2.23. The Bertz CT molecular complexity index is 952. The Hall–Kier alpha value is -2.87. The predicted octanol–water partition coefficient (Wildman–Crippen LogP) is 2.70. The van der Waals surface area contributed by atoms with Gasteiger partial charge in [-0.2, -0.15) is 13.5 Å². The second kappa shape index (κ2) is 6.94. The van der Waals surface area contributed by atoms with Crippen LogP contribution in [0.1, 0.15) is 11.1 Å². The van der Waals surface area contributed by atoms with E-state index in [0.717, 1.165) is 28.8 Å². The molecule has 0 saturated heterocycles. The molecule has 1 N–H and O–H groups in total. The number of ether oxygens (including phenoxy) is 1. The largest absolute Gasteiger partial charge is 0.487 e. The number of pyridine rings is 1. The maximum Gasteiger partial charge on any atom is 0.306 e. The topological polar surface area (TPSA) is 94.2 Å². The Morgan fingerprint density at radius 2 is 2.00 bits per heavy atom. The van der Waals surface area contributed by atoms with Gasteiger partial charge in [0.1, 0.15) is 18.1 Å². The van der Waals surface area contributed by atoms with Gasteiger partial charge in [0.2, 0.25) is 0 Å². The summed E-state index contributed by atoms with van der Waals surface area (Å²) >= 11 is 0. The van der Waals surface area contributed by atoms with Crippen LogP contribution < -0.4 is 8.92 Å². The normalized spacial score (nSPS) is 11.3. The minimum absolute atomic E-state index is 0.269. The maximum atomic E-state index is 11.3. The summed E-state index contributed by atoms with van der Waals surface area (Å²) in [5.41, 5.74) is 3.12. The van der Waals surface area contributed by atoms with Gasteiger partial charge in [-0.25, -0.2) is 0 Å². The van der Waals surface area contributed by atoms with Crippen molar-refractivity contribution in [1.29, 1.82) is 0 Å². The molecule has 0 radical (unpaired) electrons. The van der Waals surface area contributed by atoms with Gasteiger partial charge in [-0.05, 0) is 42.3 Å². The van der Waals surface area contributed by atoms with Crippen LogP contribution in [0.5, 0.6) is 11.5 Å². The van der Waals surface area contributed by atoms with Crippen molar-refractivity contribution in [2.45, 2.75) is 13.5 Å². The van der Waals surface area contributed by atoms with Gasteiger partial charge in [-0.1, -0.05) is 12.1 Å². The van der Waals surface area contributed by atoms with Crippen LogP contribution in [0, 0.1) is 6.92 Å². The standard InChI is InChI=1S/C17H17N3O4S/c1-12-3-4-13(9-17(12)24-25(2,21)22)11-23-14-5-6-15(18-10-14)16-7-8-19-20-16/h3-10H,11H2,1-2H3,(H,19,20). The van der Waals surface area contributed by atoms with Crippen molar-refractivity contribution >= 4 is 10.1 Å². The van der Waals surface area contributed by atoms with Crippen molar-refractivity contribution < 1.29 is 17.3 Å². The lowest BCUT2D eigenvalue weighted by atomic mass is 10.1. The predicted molar refractivity (Wildman–Crippen MR) is 92.8 cm³/mol. The fourth-order valence-electron chi connectivity index (χ4n) is 2.18. The zero-order valence-corrected chi connectivity index (χ0v) is 14.6. The minimum Gasteiger partial charge on any atom is -0.487 e. The molecule has 1 aromatic carbocycles. The summed E-state index contributed by atoms with van der Waals surface area (Å²) in [5, 5.41) is 6.73. The van der Waals surface area contributed by atoms with Crippen LogP contribution in [-0.4, -0.2) is 29.9 Å². The molecular weight excluding hydrogens is 342 g/mol. The smallest absolute Gasteiger partial charge is 0.306 e. The highest BCUT2D eigenvalue weighted by molar-refractivity contribution is 7.86. The summed E-state index contributed by atoms with van der Waals surface area (Å²) in [6.07, 6.45) is 4.30. The van der Waals surface area contributed by atoms with Crippen LogP contribution in [0.4, 0.5) is 0 Å². The molecule has 0 aliphatic carbocycles. The third-order valence-corrected chi connectivity index (χ3v) is 3.89. The van der Waals surface area contributed by atoms with E-state index in [1.54, 1.807) is 31.5 Å². The average molecular weight is 359 g/mol. The van der Waals surface area contributed by atoms with Crippen LogP contribution >= 0.6 is 0 Å². The number of aromatic amines is 1. The molecule has 2 aromatic heterocycles. The molecule has 0 aliphatic heterocycles. The highest BCUT2D eigenvalue weighted by atomic mass is 32.2. The second-order valence-electron chi connectivity index (χ2n) is 5.53. The minimum atomic E-state index is -3.57. The Morgan fingerprint density at radius 3 is 2.64 bits per heavy atom. The Kier molecular flexibility index (Phi) is 4.71. The van der Waals surface area contributed by atoms with Gasteiger partial charge in [0.05, 0.1) is 23.8 Å². The van der Waals surface area contributed by atoms with Gasteiger partial charge >= 0.3 is 10.1 Å². The SMILES string of the molecule is Cc1ccc(COc2ccc(-c3ccn[nH]3)nc2)cc1OS(C)(=O)=O. The fraction of sp³-hybridized carbons (Fsp3) is 0.176. The quantitative estimate of drug-likeness (QED) is 0.680. The van der Waals surface area contributed by atoms with E-state index in [4.69, 9.17) is 8.92 Å². The first-order valence-corrected chi connectivity index (χ1v) is 9.30. The molecule has 0 fully saturated rings. The van der Waals surface area contributed by atoms with Crippen molar-refractivity contribution in [3.05, 3.63) is 59.9 Å². The summed E-state index contributed by atoms with van der Waals surface area (Å²) in [4.78, 5) is 4.31. The summed E-state index contributed by atoms with van der Waals surface area (Å²) in [6, 6.07) is 10.8. The zero-order valence-electron chi connectivity index (χ0n) is 13.8. The molecule has 0 amide bonds. The molecular formula is C17H17N3O4S. The van der Waals surface area contributed by atoms with Gasteiger partial charge in [-0.3, -0.25) is 10.1 Å². The van der Waals surface area contributed by atoms with E-state index in [-0.39, 0.29) is 6.61 Å². The molecule has 130 valence electrons. The van der Waals surface area contributed by atoms with Crippen LogP contribution in [0.15, 0.2) is 48.8 Å².